The minimum Gasteiger partial charge on any atom is -0.506 e. The van der Waals surface area contributed by atoms with Gasteiger partial charge in [-0.3, -0.25) is 9.59 Å². The molecule has 0 bridgehead atoms. The second-order valence-electron chi connectivity index (χ2n) is 6.05. The number of nitrogens with zero attached hydrogens (tertiary/aromatic N) is 1. The number of nitrogens with two attached hydrogens (primary N) is 1. The standard InChI is InChI=1S/C20H19N3O3/c1-12(22-14-7-5-6-13(21)11-14)10-17(24)18-19(25)15-8-3-4-9-16(15)23(2)20(18)26/h3-11,22,25H,21H2,1-2H3. The molecule has 0 spiro atoms. The molecule has 0 saturated carbocycles. The third-order valence-corrected chi connectivity index (χ3v) is 4.10. The maximum absolute atomic E-state index is 12.6. The minimum atomic E-state index is -0.567. The van der Waals surface area contributed by atoms with Crippen LogP contribution in [-0.4, -0.2) is 15.5 Å². The van der Waals surface area contributed by atoms with Crippen LogP contribution in [0.15, 0.2) is 65.1 Å². The zero-order valence-corrected chi connectivity index (χ0v) is 14.5. The zero-order chi connectivity index (χ0) is 18.8. The van der Waals surface area contributed by atoms with Gasteiger partial charge in [0.2, 0.25) is 0 Å². The van der Waals surface area contributed by atoms with Crippen molar-refractivity contribution in [2.45, 2.75) is 6.92 Å². The van der Waals surface area contributed by atoms with E-state index in [-0.39, 0.29) is 11.3 Å². The van der Waals surface area contributed by atoms with E-state index in [1.807, 2.05) is 6.07 Å². The lowest BCUT2D eigenvalue weighted by atomic mass is 10.1. The molecule has 0 aliphatic rings. The summed E-state index contributed by atoms with van der Waals surface area (Å²) in [6, 6.07) is 14.0. The van der Waals surface area contributed by atoms with Crippen molar-refractivity contribution >= 4 is 28.1 Å². The Balaban J connectivity index is 2.01. The van der Waals surface area contributed by atoms with Crippen molar-refractivity contribution in [3.05, 3.63) is 76.2 Å². The summed E-state index contributed by atoms with van der Waals surface area (Å²) < 4.78 is 1.36. The van der Waals surface area contributed by atoms with Crippen LogP contribution in [0.5, 0.6) is 5.75 Å². The Kier molecular flexibility index (Phi) is 4.49. The summed E-state index contributed by atoms with van der Waals surface area (Å²) in [5.74, 6) is -0.871. The van der Waals surface area contributed by atoms with Gasteiger partial charge in [0.15, 0.2) is 5.78 Å². The number of carbonyl (C=O) groups is 1. The van der Waals surface area contributed by atoms with Gasteiger partial charge in [-0.1, -0.05) is 18.2 Å². The minimum absolute atomic E-state index is 0.250. The number of fused-ring (bicyclic) bond motifs is 1. The fourth-order valence-electron chi connectivity index (χ4n) is 2.85. The molecule has 2 aromatic carbocycles. The Labute approximate surface area is 150 Å². The van der Waals surface area contributed by atoms with Crippen LogP contribution in [0, 0.1) is 0 Å². The summed E-state index contributed by atoms with van der Waals surface area (Å²) in [5.41, 5.74) is 7.34. The summed E-state index contributed by atoms with van der Waals surface area (Å²) in [5, 5.41) is 14.0. The van der Waals surface area contributed by atoms with Crippen molar-refractivity contribution in [3.8, 4) is 5.75 Å². The molecule has 0 saturated heterocycles. The molecule has 4 N–H and O–H groups in total. The number of carbonyl (C=O) groups excluding carboxylic acids is 1. The molecule has 0 aliphatic carbocycles. The number of benzene rings is 2. The van der Waals surface area contributed by atoms with Gasteiger partial charge < -0.3 is 20.7 Å². The molecule has 0 unspecified atom stereocenters. The number of anilines is 2. The number of nitrogen functional groups attached to an aromatic ring is 1. The number of rotatable bonds is 4. The molecule has 1 heterocycles. The molecule has 132 valence electrons. The first kappa shape index (κ1) is 17.3. The molecule has 3 rings (SSSR count). The van der Waals surface area contributed by atoms with E-state index in [0.717, 1.165) is 5.69 Å². The summed E-state index contributed by atoms with van der Waals surface area (Å²) in [6.45, 7) is 1.70. The maximum atomic E-state index is 12.6. The smallest absolute Gasteiger partial charge is 0.265 e. The molecular formula is C20H19N3O3. The Morgan fingerprint density at radius 2 is 1.92 bits per heavy atom. The van der Waals surface area contributed by atoms with Crippen LogP contribution >= 0.6 is 0 Å². The molecule has 1 aromatic heterocycles. The normalized spacial score (nSPS) is 11.5. The summed E-state index contributed by atoms with van der Waals surface area (Å²) >= 11 is 0. The van der Waals surface area contributed by atoms with Crippen LogP contribution in [0.25, 0.3) is 10.9 Å². The third-order valence-electron chi connectivity index (χ3n) is 4.10. The van der Waals surface area contributed by atoms with Crippen LogP contribution < -0.4 is 16.6 Å². The molecule has 0 radical (unpaired) electrons. The number of allylic oxidation sites excluding steroid dienone is 2. The first-order valence-electron chi connectivity index (χ1n) is 8.04. The van der Waals surface area contributed by atoms with Crippen LogP contribution in [0.2, 0.25) is 0 Å². The number of aromatic nitrogens is 1. The number of aromatic hydroxyl groups is 1. The highest BCUT2D eigenvalue weighted by Gasteiger charge is 2.19. The zero-order valence-electron chi connectivity index (χ0n) is 14.5. The van der Waals surface area contributed by atoms with Gasteiger partial charge in [0, 0.05) is 35.6 Å². The predicted octanol–water partition coefficient (Wildman–Crippen LogP) is 3.02. The lowest BCUT2D eigenvalue weighted by molar-refractivity contribution is 0.104. The van der Waals surface area contributed by atoms with Crippen molar-refractivity contribution in [2.75, 3.05) is 11.1 Å². The van der Waals surface area contributed by atoms with Gasteiger partial charge in [-0.2, -0.15) is 0 Å². The van der Waals surface area contributed by atoms with E-state index in [4.69, 9.17) is 5.73 Å². The van der Waals surface area contributed by atoms with E-state index in [1.54, 1.807) is 56.4 Å². The van der Waals surface area contributed by atoms with E-state index in [2.05, 4.69) is 5.32 Å². The van der Waals surface area contributed by atoms with Crippen molar-refractivity contribution in [1.29, 1.82) is 0 Å². The Bertz CT molecular complexity index is 1100. The fraction of sp³-hybridized carbons (Fsp3) is 0.100. The lowest BCUT2D eigenvalue weighted by Gasteiger charge is -2.11. The molecule has 26 heavy (non-hydrogen) atoms. The van der Waals surface area contributed by atoms with Gasteiger partial charge in [-0.15, -0.1) is 0 Å². The summed E-state index contributed by atoms with van der Waals surface area (Å²) in [6.07, 6.45) is 1.29. The molecule has 0 atom stereocenters. The molecular weight excluding hydrogens is 330 g/mol. The SMILES string of the molecule is CC(=CC(=O)c1c(O)c2ccccc2n(C)c1=O)Nc1cccc(N)c1. The number of nitrogens with one attached hydrogen (secondary N) is 1. The molecule has 0 aliphatic heterocycles. The number of para-hydroxylation sites is 1. The van der Waals surface area contributed by atoms with E-state index in [9.17, 15) is 14.7 Å². The van der Waals surface area contributed by atoms with Crippen LogP contribution in [0.4, 0.5) is 11.4 Å². The van der Waals surface area contributed by atoms with E-state index < -0.39 is 11.3 Å². The van der Waals surface area contributed by atoms with E-state index in [1.165, 1.54) is 10.6 Å². The maximum Gasteiger partial charge on any atom is 0.265 e. The third kappa shape index (κ3) is 3.17. The number of ketones is 1. The van der Waals surface area contributed by atoms with Gasteiger partial charge in [0.05, 0.1) is 5.52 Å². The highest BCUT2D eigenvalue weighted by molar-refractivity contribution is 6.09. The van der Waals surface area contributed by atoms with Crippen molar-refractivity contribution in [2.24, 2.45) is 7.05 Å². The highest BCUT2D eigenvalue weighted by atomic mass is 16.3. The van der Waals surface area contributed by atoms with Gasteiger partial charge in [0.25, 0.3) is 5.56 Å². The molecule has 0 fully saturated rings. The lowest BCUT2D eigenvalue weighted by Crippen LogP contribution is -2.24. The van der Waals surface area contributed by atoms with Crippen molar-refractivity contribution in [1.82, 2.24) is 4.57 Å². The molecule has 6 heteroatoms. The topological polar surface area (TPSA) is 97.3 Å². The average molecular weight is 349 g/mol. The van der Waals surface area contributed by atoms with Gasteiger partial charge >= 0.3 is 0 Å². The van der Waals surface area contributed by atoms with E-state index in [0.29, 0.717) is 22.3 Å². The monoisotopic (exact) mass is 349 g/mol. The largest absolute Gasteiger partial charge is 0.506 e. The Morgan fingerprint density at radius 1 is 1.19 bits per heavy atom. The van der Waals surface area contributed by atoms with Crippen LogP contribution in [0.3, 0.4) is 0 Å². The Morgan fingerprint density at radius 3 is 2.65 bits per heavy atom. The van der Waals surface area contributed by atoms with Crippen molar-refractivity contribution in [3.63, 3.8) is 0 Å². The van der Waals surface area contributed by atoms with E-state index >= 15 is 0 Å². The average Bonchev–Trinajstić information content (AvgIpc) is 2.60. The van der Waals surface area contributed by atoms with Crippen LogP contribution in [0.1, 0.15) is 17.3 Å². The van der Waals surface area contributed by atoms with Gasteiger partial charge in [-0.25, -0.2) is 0 Å². The first-order chi connectivity index (χ1) is 12.4. The van der Waals surface area contributed by atoms with Crippen molar-refractivity contribution < 1.29 is 9.90 Å². The van der Waals surface area contributed by atoms with Gasteiger partial charge in [-0.05, 0) is 37.3 Å². The summed E-state index contributed by atoms with van der Waals surface area (Å²) in [4.78, 5) is 25.2. The molecule has 6 nitrogen and oxygen atoms in total. The van der Waals surface area contributed by atoms with Gasteiger partial charge in [0.1, 0.15) is 11.3 Å². The second kappa shape index (κ2) is 6.76. The number of hydrogen-bond acceptors (Lipinski definition) is 5. The number of hydrogen-bond donors (Lipinski definition) is 3. The molecule has 0 amide bonds. The summed E-state index contributed by atoms with van der Waals surface area (Å²) in [7, 11) is 1.57. The number of aryl methyl sites for hydroxylation is 1. The number of pyridine rings is 1. The second-order valence-corrected chi connectivity index (χ2v) is 6.05. The quantitative estimate of drug-likeness (QED) is 0.382. The predicted molar refractivity (Wildman–Crippen MR) is 103 cm³/mol. The highest BCUT2D eigenvalue weighted by Crippen LogP contribution is 2.26. The van der Waals surface area contributed by atoms with Crippen LogP contribution in [-0.2, 0) is 7.05 Å². The Hall–Kier alpha value is -3.54. The fourth-order valence-corrected chi connectivity index (χ4v) is 2.85. The molecule has 3 aromatic rings. The first-order valence-corrected chi connectivity index (χ1v) is 8.04.